The molecule has 2 aromatic heterocycles. The zero-order valence-corrected chi connectivity index (χ0v) is 16.8. The van der Waals surface area contributed by atoms with Gasteiger partial charge >= 0.3 is 11.7 Å². The highest BCUT2D eigenvalue weighted by atomic mass is 16.4. The summed E-state index contributed by atoms with van der Waals surface area (Å²) < 4.78 is 1.35. The molecule has 9 heteroatoms. The van der Waals surface area contributed by atoms with Gasteiger partial charge in [-0.2, -0.15) is 0 Å². The minimum atomic E-state index is -1.17. The lowest BCUT2D eigenvalue weighted by molar-refractivity contribution is -0.146. The molecule has 2 heterocycles. The third kappa shape index (κ3) is 4.13. The molecule has 9 nitrogen and oxygen atoms in total. The van der Waals surface area contributed by atoms with Gasteiger partial charge in [-0.15, -0.1) is 0 Å². The molecule has 0 aliphatic carbocycles. The maximum atomic E-state index is 12.8. The minimum absolute atomic E-state index is 0.0167. The number of carboxylic acid groups (broad SMARTS) is 1. The monoisotopic (exact) mass is 390 g/mol. The SMILES string of the molecule is CCCn1c(=O)[nH]c(=O)c2c(C(=O)NCC(C)(C)C(=O)O)cc(C(C)C)nc21. The molecule has 0 saturated carbocycles. The highest BCUT2D eigenvalue weighted by Gasteiger charge is 2.28. The summed E-state index contributed by atoms with van der Waals surface area (Å²) >= 11 is 0. The molecule has 2 aromatic rings. The Hall–Kier alpha value is -2.97. The fourth-order valence-corrected chi connectivity index (χ4v) is 2.67. The maximum Gasteiger partial charge on any atom is 0.329 e. The van der Waals surface area contributed by atoms with Gasteiger partial charge in [0.05, 0.1) is 16.4 Å². The van der Waals surface area contributed by atoms with Crippen LogP contribution < -0.4 is 16.6 Å². The van der Waals surface area contributed by atoms with Gasteiger partial charge in [-0.3, -0.25) is 23.9 Å². The van der Waals surface area contributed by atoms with Crippen molar-refractivity contribution < 1.29 is 14.7 Å². The molecule has 3 N–H and O–H groups in total. The first-order valence-corrected chi connectivity index (χ1v) is 9.19. The van der Waals surface area contributed by atoms with Gasteiger partial charge in [0.25, 0.3) is 11.5 Å². The van der Waals surface area contributed by atoms with Gasteiger partial charge in [-0.25, -0.2) is 9.78 Å². The summed E-state index contributed by atoms with van der Waals surface area (Å²) in [4.78, 5) is 55.5. The minimum Gasteiger partial charge on any atom is -0.481 e. The first-order valence-electron chi connectivity index (χ1n) is 9.19. The predicted octanol–water partition coefficient (Wildman–Crippen LogP) is 1.46. The molecule has 1 amide bonds. The number of carbonyl (C=O) groups is 2. The molecule has 0 aliphatic heterocycles. The van der Waals surface area contributed by atoms with Gasteiger partial charge in [-0.1, -0.05) is 20.8 Å². The Balaban J connectivity index is 2.69. The molecule has 0 radical (unpaired) electrons. The summed E-state index contributed by atoms with van der Waals surface area (Å²) in [5.41, 5.74) is -1.66. The van der Waals surface area contributed by atoms with E-state index in [2.05, 4.69) is 15.3 Å². The zero-order valence-electron chi connectivity index (χ0n) is 16.8. The number of nitrogens with one attached hydrogen (secondary N) is 2. The number of pyridine rings is 1. The number of hydrogen-bond donors (Lipinski definition) is 3. The van der Waals surface area contributed by atoms with E-state index in [-0.39, 0.29) is 29.1 Å². The van der Waals surface area contributed by atoms with Gasteiger partial charge in [0.15, 0.2) is 5.65 Å². The van der Waals surface area contributed by atoms with E-state index in [1.54, 1.807) is 0 Å². The van der Waals surface area contributed by atoms with Crippen molar-refractivity contribution in [2.75, 3.05) is 6.54 Å². The second-order valence-electron chi connectivity index (χ2n) is 7.73. The molecule has 2 rings (SSSR count). The number of fused-ring (bicyclic) bond motifs is 1. The quantitative estimate of drug-likeness (QED) is 0.655. The smallest absolute Gasteiger partial charge is 0.329 e. The summed E-state index contributed by atoms with van der Waals surface area (Å²) in [5.74, 6) is -1.68. The Morgan fingerprint density at radius 3 is 2.50 bits per heavy atom. The number of carbonyl (C=O) groups excluding carboxylic acids is 1. The van der Waals surface area contributed by atoms with Gasteiger partial charge in [0.2, 0.25) is 0 Å². The van der Waals surface area contributed by atoms with Gasteiger partial charge in [-0.05, 0) is 32.3 Å². The Kier molecular flexibility index (Phi) is 6.06. The lowest BCUT2D eigenvalue weighted by Crippen LogP contribution is -2.39. The number of aryl methyl sites for hydroxylation is 1. The lowest BCUT2D eigenvalue weighted by atomic mass is 9.93. The predicted molar refractivity (Wildman–Crippen MR) is 105 cm³/mol. The van der Waals surface area contributed by atoms with Crippen molar-refractivity contribution in [1.29, 1.82) is 0 Å². The third-order valence-electron chi connectivity index (χ3n) is 4.52. The highest BCUT2D eigenvalue weighted by molar-refractivity contribution is 6.05. The van der Waals surface area contributed by atoms with Gasteiger partial charge in [0.1, 0.15) is 0 Å². The van der Waals surface area contributed by atoms with Crippen LogP contribution in [0.25, 0.3) is 11.0 Å². The van der Waals surface area contributed by atoms with Gasteiger partial charge in [0, 0.05) is 18.8 Å². The van der Waals surface area contributed by atoms with Crippen LogP contribution in [0.1, 0.15) is 63.0 Å². The number of hydrogen-bond acceptors (Lipinski definition) is 5. The second kappa shape index (κ2) is 7.95. The molecule has 0 fully saturated rings. The van der Waals surface area contributed by atoms with Crippen LogP contribution in [-0.4, -0.2) is 38.1 Å². The van der Waals surface area contributed by atoms with Crippen LogP contribution in [0.5, 0.6) is 0 Å². The van der Waals surface area contributed by atoms with Gasteiger partial charge < -0.3 is 10.4 Å². The molecule has 0 spiro atoms. The molecular weight excluding hydrogens is 364 g/mol. The lowest BCUT2D eigenvalue weighted by Gasteiger charge is -2.20. The summed E-state index contributed by atoms with van der Waals surface area (Å²) in [6, 6.07) is 1.52. The van der Waals surface area contributed by atoms with Crippen molar-refractivity contribution in [2.45, 2.75) is 53.5 Å². The fraction of sp³-hybridized carbons (Fsp3) is 0.526. The molecule has 28 heavy (non-hydrogen) atoms. The number of aromatic amines is 1. The van der Waals surface area contributed by atoms with E-state index in [0.717, 1.165) is 0 Å². The Labute approximate surface area is 161 Å². The first-order chi connectivity index (χ1) is 13.0. The number of carboxylic acids is 1. The number of H-pyrrole nitrogens is 1. The van der Waals surface area contributed by atoms with Crippen molar-refractivity contribution in [3.8, 4) is 0 Å². The Bertz CT molecular complexity index is 1030. The molecule has 0 aliphatic rings. The number of aliphatic carboxylic acids is 1. The molecular formula is C19H26N4O5. The normalized spacial score (nSPS) is 11.8. The molecule has 0 atom stereocenters. The van der Waals surface area contributed by atoms with Crippen molar-refractivity contribution in [1.82, 2.24) is 19.9 Å². The number of nitrogens with zero attached hydrogens (tertiary/aromatic N) is 2. The van der Waals surface area contributed by atoms with Crippen LogP contribution in [0.15, 0.2) is 15.7 Å². The topological polar surface area (TPSA) is 134 Å². The molecule has 152 valence electrons. The number of rotatable bonds is 7. The van der Waals surface area contributed by atoms with Crippen LogP contribution >= 0.6 is 0 Å². The van der Waals surface area contributed by atoms with Crippen LogP contribution in [0.4, 0.5) is 0 Å². The van der Waals surface area contributed by atoms with Crippen LogP contribution in [0.3, 0.4) is 0 Å². The molecule has 0 unspecified atom stereocenters. The summed E-state index contributed by atoms with van der Waals surface area (Å²) in [7, 11) is 0. The van der Waals surface area contributed by atoms with E-state index in [1.165, 1.54) is 24.5 Å². The summed E-state index contributed by atoms with van der Waals surface area (Å²) in [5, 5.41) is 11.8. The second-order valence-corrected chi connectivity index (χ2v) is 7.73. The zero-order chi connectivity index (χ0) is 21.2. The van der Waals surface area contributed by atoms with E-state index < -0.39 is 28.5 Å². The maximum absolute atomic E-state index is 12.8. The Morgan fingerprint density at radius 1 is 1.32 bits per heavy atom. The molecule has 0 bridgehead atoms. The van der Waals surface area contributed by atoms with Crippen LogP contribution in [0.2, 0.25) is 0 Å². The van der Waals surface area contributed by atoms with E-state index in [4.69, 9.17) is 0 Å². The standard InChI is InChI=1S/C19H26N4O5/c1-6-7-23-14-13(16(25)22-18(23)28)11(8-12(21-14)10(2)3)15(24)20-9-19(4,5)17(26)27/h8,10H,6-7,9H2,1-5H3,(H,20,24)(H,26,27)(H,22,25,28). The van der Waals surface area contributed by atoms with Crippen molar-refractivity contribution in [3.05, 3.63) is 38.2 Å². The first kappa shape index (κ1) is 21.3. The van der Waals surface area contributed by atoms with Crippen molar-refractivity contribution >= 4 is 22.9 Å². The van der Waals surface area contributed by atoms with Crippen molar-refractivity contribution in [2.24, 2.45) is 5.41 Å². The van der Waals surface area contributed by atoms with Crippen LogP contribution in [-0.2, 0) is 11.3 Å². The average molecular weight is 390 g/mol. The van der Waals surface area contributed by atoms with E-state index in [0.29, 0.717) is 18.7 Å². The van der Waals surface area contributed by atoms with E-state index in [1.807, 2.05) is 20.8 Å². The number of amides is 1. The molecule has 0 saturated heterocycles. The van der Waals surface area contributed by atoms with E-state index >= 15 is 0 Å². The largest absolute Gasteiger partial charge is 0.481 e. The van der Waals surface area contributed by atoms with E-state index in [9.17, 15) is 24.3 Å². The van der Waals surface area contributed by atoms with Crippen LogP contribution in [0, 0.1) is 5.41 Å². The highest BCUT2D eigenvalue weighted by Crippen LogP contribution is 2.20. The Morgan fingerprint density at radius 2 is 1.96 bits per heavy atom. The summed E-state index contributed by atoms with van der Waals surface area (Å²) in [6.45, 7) is 8.87. The fourth-order valence-electron chi connectivity index (χ4n) is 2.67. The van der Waals surface area contributed by atoms with Crippen molar-refractivity contribution in [3.63, 3.8) is 0 Å². The average Bonchev–Trinajstić information content (AvgIpc) is 2.61. The summed E-state index contributed by atoms with van der Waals surface area (Å²) in [6.07, 6.45) is 0.642. The molecule has 0 aromatic carbocycles. The number of aromatic nitrogens is 3. The third-order valence-corrected chi connectivity index (χ3v) is 4.52.